The van der Waals surface area contributed by atoms with Crippen molar-refractivity contribution in [2.75, 3.05) is 6.61 Å². The van der Waals surface area contributed by atoms with Gasteiger partial charge in [-0.2, -0.15) is 0 Å². The maximum atomic E-state index is 13.7. The van der Waals surface area contributed by atoms with Crippen LogP contribution in [0.5, 0.6) is 0 Å². The molecule has 9 nitrogen and oxygen atoms in total. The Hall–Kier alpha value is -4.79. The number of amidine groups is 1. The molecule has 0 aliphatic carbocycles. The van der Waals surface area contributed by atoms with E-state index < -0.39 is 22.7 Å². The number of hydrogen-bond acceptors (Lipinski definition) is 8. The Morgan fingerprint density at radius 2 is 1.89 bits per heavy atom. The van der Waals surface area contributed by atoms with Crippen LogP contribution in [0.4, 0.5) is 5.69 Å². The quantitative estimate of drug-likeness (QED) is 0.205. The average Bonchev–Trinajstić information content (AvgIpc) is 3.48. The van der Waals surface area contributed by atoms with Gasteiger partial charge in [0.05, 0.1) is 23.0 Å². The van der Waals surface area contributed by atoms with Gasteiger partial charge in [-0.1, -0.05) is 42.0 Å². The molecule has 2 atom stereocenters. The fourth-order valence-electron chi connectivity index (χ4n) is 4.83. The fraction of sp³-hybridized carbons (Fsp3) is 0.207. The standard InChI is InChI=1S/C29H25N3O6/c1-4-37-29(34)24-17(3)30-28-26(25(24)18-10-8-16(2)9-11-18)27(33)22(31-28)15-21-12-13-23(38-21)19-6-5-7-20(14-19)32(35)36/h5-15,25-26H,4H2,1-3H3,(H,30,31)/b22-15-. The van der Waals surface area contributed by atoms with Crippen molar-refractivity contribution in [2.24, 2.45) is 10.9 Å². The molecule has 5 rings (SSSR count). The first-order chi connectivity index (χ1) is 18.3. The van der Waals surface area contributed by atoms with Crippen LogP contribution in [0.15, 0.2) is 87.0 Å². The molecule has 0 bridgehead atoms. The van der Waals surface area contributed by atoms with Crippen LogP contribution in [0, 0.1) is 23.0 Å². The van der Waals surface area contributed by atoms with Crippen molar-refractivity contribution in [2.45, 2.75) is 26.7 Å². The van der Waals surface area contributed by atoms with E-state index in [2.05, 4.69) is 10.3 Å². The second kappa shape index (κ2) is 9.93. The number of furan rings is 1. The largest absolute Gasteiger partial charge is 0.463 e. The van der Waals surface area contributed by atoms with E-state index in [0.29, 0.717) is 34.2 Å². The molecule has 2 aliphatic heterocycles. The van der Waals surface area contributed by atoms with Gasteiger partial charge in [0.25, 0.3) is 5.69 Å². The second-order valence-electron chi connectivity index (χ2n) is 9.15. The van der Waals surface area contributed by atoms with Crippen molar-refractivity contribution in [1.82, 2.24) is 5.32 Å². The van der Waals surface area contributed by atoms with Gasteiger partial charge in [-0.05, 0) is 38.5 Å². The third kappa shape index (κ3) is 4.54. The smallest absolute Gasteiger partial charge is 0.336 e. The number of rotatable bonds is 6. The molecule has 3 aromatic rings. The van der Waals surface area contributed by atoms with Gasteiger partial charge in [-0.3, -0.25) is 14.9 Å². The summed E-state index contributed by atoms with van der Waals surface area (Å²) >= 11 is 0. The molecule has 2 aromatic carbocycles. The highest BCUT2D eigenvalue weighted by atomic mass is 16.6. The van der Waals surface area contributed by atoms with Crippen LogP contribution in [-0.2, 0) is 14.3 Å². The average molecular weight is 512 g/mol. The topological polar surface area (TPSA) is 124 Å². The lowest BCUT2D eigenvalue weighted by molar-refractivity contribution is -0.384. The summed E-state index contributed by atoms with van der Waals surface area (Å²) in [5, 5.41) is 14.3. The summed E-state index contributed by atoms with van der Waals surface area (Å²) in [7, 11) is 0. The number of nitrogens with one attached hydrogen (secondary N) is 1. The number of fused-ring (bicyclic) bond motifs is 1. The summed E-state index contributed by atoms with van der Waals surface area (Å²) in [4.78, 5) is 41.9. The van der Waals surface area contributed by atoms with E-state index in [1.807, 2.05) is 31.2 Å². The zero-order valence-electron chi connectivity index (χ0n) is 21.1. The molecule has 0 saturated carbocycles. The minimum absolute atomic E-state index is 0.0475. The van der Waals surface area contributed by atoms with Crippen molar-refractivity contribution in [3.63, 3.8) is 0 Å². The van der Waals surface area contributed by atoms with E-state index in [9.17, 15) is 19.7 Å². The Morgan fingerprint density at radius 3 is 2.61 bits per heavy atom. The van der Waals surface area contributed by atoms with Gasteiger partial charge >= 0.3 is 5.97 Å². The van der Waals surface area contributed by atoms with Crippen LogP contribution in [0.25, 0.3) is 17.4 Å². The van der Waals surface area contributed by atoms with Crippen LogP contribution >= 0.6 is 0 Å². The zero-order chi connectivity index (χ0) is 27.0. The molecule has 1 aromatic heterocycles. The number of aryl methyl sites for hydroxylation is 1. The van der Waals surface area contributed by atoms with Crippen molar-refractivity contribution in [1.29, 1.82) is 0 Å². The first-order valence-corrected chi connectivity index (χ1v) is 12.2. The predicted octanol–water partition coefficient (Wildman–Crippen LogP) is 5.33. The first kappa shape index (κ1) is 24.9. The fourth-order valence-corrected chi connectivity index (χ4v) is 4.83. The number of ether oxygens (including phenoxy) is 1. The van der Waals surface area contributed by atoms with E-state index in [1.54, 1.807) is 44.2 Å². The van der Waals surface area contributed by atoms with Crippen LogP contribution in [0.3, 0.4) is 0 Å². The van der Waals surface area contributed by atoms with Crippen LogP contribution in [0.1, 0.15) is 36.7 Å². The number of Topliss-reactive ketones (excluding diaryl/α,β-unsaturated/α-hetero) is 1. The number of aliphatic imine (C=N–C) groups is 1. The molecule has 0 amide bonds. The number of nitro benzene ring substituents is 1. The van der Waals surface area contributed by atoms with Gasteiger partial charge < -0.3 is 14.5 Å². The normalized spacial score (nSPS) is 19.7. The van der Waals surface area contributed by atoms with Crippen LogP contribution < -0.4 is 5.32 Å². The summed E-state index contributed by atoms with van der Waals surface area (Å²) in [6.07, 6.45) is 1.54. The number of nitrogens with zero attached hydrogens (tertiary/aromatic N) is 2. The van der Waals surface area contributed by atoms with Gasteiger partial charge in [-0.15, -0.1) is 0 Å². The van der Waals surface area contributed by atoms with E-state index in [1.165, 1.54) is 12.1 Å². The number of hydrogen-bond donors (Lipinski definition) is 1. The first-order valence-electron chi connectivity index (χ1n) is 12.2. The van der Waals surface area contributed by atoms with Crippen molar-refractivity contribution < 1.29 is 23.7 Å². The summed E-state index contributed by atoms with van der Waals surface area (Å²) < 4.78 is 11.2. The van der Waals surface area contributed by atoms with E-state index in [0.717, 1.165) is 11.1 Å². The van der Waals surface area contributed by atoms with E-state index in [4.69, 9.17) is 9.15 Å². The van der Waals surface area contributed by atoms with Gasteiger partial charge in [0.2, 0.25) is 0 Å². The van der Waals surface area contributed by atoms with Gasteiger partial charge in [0.15, 0.2) is 5.78 Å². The number of non-ortho nitro benzene ring substituents is 1. The minimum atomic E-state index is -0.724. The zero-order valence-corrected chi connectivity index (χ0v) is 21.1. The third-order valence-corrected chi connectivity index (χ3v) is 6.61. The molecule has 2 unspecified atom stereocenters. The van der Waals surface area contributed by atoms with E-state index in [-0.39, 0.29) is 23.8 Å². The molecule has 0 saturated heterocycles. The molecular weight excluding hydrogens is 486 g/mol. The molecule has 1 N–H and O–H groups in total. The van der Waals surface area contributed by atoms with E-state index >= 15 is 0 Å². The minimum Gasteiger partial charge on any atom is -0.463 e. The number of carbonyl (C=O) groups excluding carboxylic acids is 2. The molecule has 2 aliphatic rings. The molecule has 9 heteroatoms. The summed E-state index contributed by atoms with van der Waals surface area (Å²) in [5.41, 5.74) is 3.55. The molecule has 0 spiro atoms. The Balaban J connectivity index is 1.50. The molecule has 38 heavy (non-hydrogen) atoms. The number of carbonyl (C=O) groups is 2. The molecule has 3 heterocycles. The summed E-state index contributed by atoms with van der Waals surface area (Å²) in [6, 6.07) is 17.2. The number of ketones is 1. The number of benzene rings is 2. The Morgan fingerprint density at radius 1 is 1.13 bits per heavy atom. The number of esters is 1. The van der Waals surface area contributed by atoms with Crippen molar-refractivity contribution in [3.8, 4) is 11.3 Å². The van der Waals surface area contributed by atoms with Gasteiger partial charge in [0.1, 0.15) is 23.1 Å². The predicted molar refractivity (Wildman–Crippen MR) is 141 cm³/mol. The van der Waals surface area contributed by atoms with Crippen molar-refractivity contribution in [3.05, 3.63) is 105 Å². The lowest BCUT2D eigenvalue weighted by Crippen LogP contribution is -2.42. The molecular formula is C29H25N3O6. The Labute approximate surface area is 218 Å². The molecule has 0 fully saturated rings. The molecule has 0 radical (unpaired) electrons. The highest BCUT2D eigenvalue weighted by Gasteiger charge is 2.47. The Kier molecular flexibility index (Phi) is 6.50. The summed E-state index contributed by atoms with van der Waals surface area (Å²) in [5.74, 6) is -0.749. The SMILES string of the molecule is CCOC(=O)C1=C(C)NC2=N/C(=C\c3ccc(-c4cccc([N+](=O)[O-])c4)o3)C(=O)C2C1c1ccc(C)cc1. The molecule has 192 valence electrons. The highest BCUT2D eigenvalue weighted by Crippen LogP contribution is 2.42. The van der Waals surface area contributed by atoms with Gasteiger partial charge in [0, 0.05) is 35.4 Å². The third-order valence-electron chi connectivity index (χ3n) is 6.61. The van der Waals surface area contributed by atoms with Gasteiger partial charge in [-0.25, -0.2) is 9.79 Å². The maximum absolute atomic E-state index is 13.7. The van der Waals surface area contributed by atoms with Crippen molar-refractivity contribution >= 4 is 29.4 Å². The lowest BCUT2D eigenvalue weighted by atomic mass is 9.75. The second-order valence-corrected chi connectivity index (χ2v) is 9.15. The lowest BCUT2D eigenvalue weighted by Gasteiger charge is -2.32. The highest BCUT2D eigenvalue weighted by molar-refractivity contribution is 6.21. The maximum Gasteiger partial charge on any atom is 0.336 e. The van der Waals surface area contributed by atoms with Crippen LogP contribution in [-0.4, -0.2) is 29.1 Å². The summed E-state index contributed by atoms with van der Waals surface area (Å²) in [6.45, 7) is 5.70. The Bertz CT molecular complexity index is 1540. The monoisotopic (exact) mass is 511 g/mol. The number of nitro groups is 1. The number of allylic oxidation sites excluding steroid dienone is 2. The van der Waals surface area contributed by atoms with Crippen LogP contribution in [0.2, 0.25) is 0 Å².